The number of amides is 1. The number of nitrogens with one attached hydrogen (secondary N) is 1. The molecule has 0 bridgehead atoms. The van der Waals surface area contributed by atoms with E-state index in [4.69, 9.17) is 0 Å². The molecule has 18 heavy (non-hydrogen) atoms. The van der Waals surface area contributed by atoms with Gasteiger partial charge < -0.3 is 9.88 Å². The Hall–Kier alpha value is -1.58. The van der Waals surface area contributed by atoms with Crippen molar-refractivity contribution in [1.82, 2.24) is 9.88 Å². The fourth-order valence-electron chi connectivity index (χ4n) is 2.80. The van der Waals surface area contributed by atoms with Crippen LogP contribution in [0, 0.1) is 5.92 Å². The third-order valence-corrected chi connectivity index (χ3v) is 3.91. The molecule has 0 spiro atoms. The van der Waals surface area contributed by atoms with Gasteiger partial charge >= 0.3 is 0 Å². The van der Waals surface area contributed by atoms with E-state index in [1.54, 1.807) is 11.0 Å². The topological polar surface area (TPSA) is 53.2 Å². The van der Waals surface area contributed by atoms with E-state index in [1.807, 2.05) is 7.05 Å². The van der Waals surface area contributed by atoms with Crippen LogP contribution in [0.4, 0.5) is 0 Å². The van der Waals surface area contributed by atoms with Crippen molar-refractivity contribution in [2.45, 2.75) is 38.6 Å². The van der Waals surface area contributed by atoms with Gasteiger partial charge in [0.15, 0.2) is 0 Å². The lowest BCUT2D eigenvalue weighted by atomic mass is 9.85. The summed E-state index contributed by atoms with van der Waals surface area (Å²) in [5.41, 5.74) is 0.241. The van der Waals surface area contributed by atoms with Crippen molar-refractivity contribution in [2.24, 2.45) is 5.92 Å². The fraction of sp³-hybridized carbons (Fsp3) is 0.571. The minimum absolute atomic E-state index is 0.0557. The minimum atomic E-state index is -0.231. The molecule has 1 heterocycles. The van der Waals surface area contributed by atoms with Gasteiger partial charge in [0.2, 0.25) is 5.56 Å². The molecule has 1 amide bonds. The number of H-pyrrole nitrogens is 1. The smallest absolute Gasteiger partial charge is 0.254 e. The van der Waals surface area contributed by atoms with Gasteiger partial charge in [-0.2, -0.15) is 0 Å². The first-order valence-corrected chi connectivity index (χ1v) is 6.55. The molecule has 2 atom stereocenters. The maximum absolute atomic E-state index is 12.3. The highest BCUT2D eigenvalue weighted by Gasteiger charge is 2.28. The zero-order chi connectivity index (χ0) is 13.1. The number of hydrogen-bond donors (Lipinski definition) is 1. The summed E-state index contributed by atoms with van der Waals surface area (Å²) in [6.45, 7) is 2.20. The van der Waals surface area contributed by atoms with E-state index in [2.05, 4.69) is 11.9 Å². The van der Waals surface area contributed by atoms with Crippen LogP contribution in [0.5, 0.6) is 0 Å². The van der Waals surface area contributed by atoms with Gasteiger partial charge in [0.1, 0.15) is 0 Å². The molecule has 0 aromatic carbocycles. The predicted molar refractivity (Wildman–Crippen MR) is 70.6 cm³/mol. The Kier molecular flexibility index (Phi) is 3.84. The van der Waals surface area contributed by atoms with Crippen molar-refractivity contribution < 1.29 is 4.79 Å². The van der Waals surface area contributed by atoms with E-state index in [0.717, 1.165) is 6.42 Å². The van der Waals surface area contributed by atoms with Crippen molar-refractivity contribution in [3.05, 3.63) is 34.2 Å². The molecule has 2 unspecified atom stereocenters. The molecule has 2 rings (SSSR count). The van der Waals surface area contributed by atoms with Gasteiger partial charge in [-0.25, -0.2) is 0 Å². The van der Waals surface area contributed by atoms with Crippen LogP contribution < -0.4 is 5.56 Å². The molecule has 1 aromatic rings. The molecule has 1 fully saturated rings. The molecule has 1 aliphatic carbocycles. The molecular formula is C14H20N2O2. The van der Waals surface area contributed by atoms with E-state index in [0.29, 0.717) is 17.5 Å². The van der Waals surface area contributed by atoms with E-state index < -0.39 is 0 Å². The van der Waals surface area contributed by atoms with Crippen LogP contribution in [0.25, 0.3) is 0 Å². The molecule has 4 nitrogen and oxygen atoms in total. The Morgan fingerprint density at radius 2 is 2.11 bits per heavy atom. The molecule has 0 aliphatic heterocycles. The lowest BCUT2D eigenvalue weighted by Gasteiger charge is -2.36. The summed E-state index contributed by atoms with van der Waals surface area (Å²) in [7, 11) is 1.84. The van der Waals surface area contributed by atoms with Crippen molar-refractivity contribution in [2.75, 3.05) is 7.05 Å². The summed E-state index contributed by atoms with van der Waals surface area (Å²) < 4.78 is 0. The average molecular weight is 248 g/mol. The van der Waals surface area contributed by atoms with Gasteiger partial charge in [-0.05, 0) is 24.8 Å². The maximum Gasteiger partial charge on any atom is 0.254 e. The summed E-state index contributed by atoms with van der Waals surface area (Å²) in [5.74, 6) is 0.481. The van der Waals surface area contributed by atoms with Gasteiger partial charge in [-0.1, -0.05) is 19.8 Å². The van der Waals surface area contributed by atoms with Crippen LogP contribution >= 0.6 is 0 Å². The van der Waals surface area contributed by atoms with Crippen molar-refractivity contribution >= 4 is 5.91 Å². The monoisotopic (exact) mass is 248 g/mol. The van der Waals surface area contributed by atoms with Gasteiger partial charge in [0.25, 0.3) is 5.91 Å². The first-order chi connectivity index (χ1) is 8.59. The van der Waals surface area contributed by atoms with Crippen LogP contribution in [0.2, 0.25) is 0 Å². The molecule has 0 saturated heterocycles. The Bertz CT molecular complexity index is 481. The Balaban J connectivity index is 2.15. The number of aromatic nitrogens is 1. The summed E-state index contributed by atoms with van der Waals surface area (Å²) in [6, 6.07) is 3.32. The molecular weight excluding hydrogens is 228 g/mol. The zero-order valence-electron chi connectivity index (χ0n) is 11.0. The fourth-order valence-corrected chi connectivity index (χ4v) is 2.80. The number of carbonyl (C=O) groups is 1. The Labute approximate surface area is 107 Å². The second-order valence-corrected chi connectivity index (χ2v) is 5.19. The molecule has 1 N–H and O–H groups in total. The maximum atomic E-state index is 12.3. The highest BCUT2D eigenvalue weighted by atomic mass is 16.2. The standard InChI is InChI=1S/C14H20N2O2/c1-10-5-3-4-6-12(10)16(2)14(18)11-7-8-15-13(17)9-11/h7-10,12H,3-6H2,1-2H3,(H,15,17). The Morgan fingerprint density at radius 3 is 2.78 bits per heavy atom. The Morgan fingerprint density at radius 1 is 1.39 bits per heavy atom. The van der Waals surface area contributed by atoms with Crippen LogP contribution in [-0.4, -0.2) is 28.9 Å². The molecule has 4 heteroatoms. The third kappa shape index (κ3) is 2.63. The average Bonchev–Trinajstić information content (AvgIpc) is 2.37. The normalized spacial score (nSPS) is 23.7. The number of pyridine rings is 1. The summed E-state index contributed by atoms with van der Waals surface area (Å²) in [5, 5.41) is 0. The van der Waals surface area contributed by atoms with Crippen LogP contribution in [0.15, 0.2) is 23.1 Å². The largest absolute Gasteiger partial charge is 0.338 e. The number of rotatable bonds is 2. The van der Waals surface area contributed by atoms with Gasteiger partial charge in [-0.15, -0.1) is 0 Å². The number of aromatic amines is 1. The minimum Gasteiger partial charge on any atom is -0.338 e. The highest BCUT2D eigenvalue weighted by molar-refractivity contribution is 5.94. The lowest BCUT2D eigenvalue weighted by Crippen LogP contribution is -2.42. The summed E-state index contributed by atoms with van der Waals surface area (Å²) in [4.78, 5) is 27.9. The first kappa shape index (κ1) is 12.9. The van der Waals surface area contributed by atoms with Crippen LogP contribution in [-0.2, 0) is 0 Å². The van der Waals surface area contributed by atoms with E-state index >= 15 is 0 Å². The van der Waals surface area contributed by atoms with Crippen molar-refractivity contribution in [3.8, 4) is 0 Å². The SMILES string of the molecule is CC1CCCCC1N(C)C(=O)c1cc[nH]c(=O)c1. The van der Waals surface area contributed by atoms with E-state index in [-0.39, 0.29) is 11.5 Å². The van der Waals surface area contributed by atoms with Gasteiger partial charge in [0.05, 0.1) is 0 Å². The number of hydrogen-bond acceptors (Lipinski definition) is 2. The number of nitrogens with zero attached hydrogens (tertiary/aromatic N) is 1. The molecule has 1 aliphatic rings. The van der Waals surface area contributed by atoms with Gasteiger partial charge in [0, 0.05) is 30.9 Å². The zero-order valence-corrected chi connectivity index (χ0v) is 11.0. The van der Waals surface area contributed by atoms with E-state index in [1.165, 1.54) is 31.5 Å². The predicted octanol–water partition coefficient (Wildman–Crippen LogP) is 2.03. The highest BCUT2D eigenvalue weighted by Crippen LogP contribution is 2.27. The first-order valence-electron chi connectivity index (χ1n) is 6.55. The van der Waals surface area contributed by atoms with Crippen molar-refractivity contribution in [3.63, 3.8) is 0 Å². The molecule has 1 saturated carbocycles. The van der Waals surface area contributed by atoms with Crippen molar-refractivity contribution in [1.29, 1.82) is 0 Å². The molecule has 1 aromatic heterocycles. The summed E-state index contributed by atoms with van der Waals surface area (Å²) in [6.07, 6.45) is 6.20. The number of carbonyl (C=O) groups excluding carboxylic acids is 1. The third-order valence-electron chi connectivity index (χ3n) is 3.91. The molecule has 0 radical (unpaired) electrons. The lowest BCUT2D eigenvalue weighted by molar-refractivity contribution is 0.0628. The summed E-state index contributed by atoms with van der Waals surface area (Å²) >= 11 is 0. The van der Waals surface area contributed by atoms with E-state index in [9.17, 15) is 9.59 Å². The second kappa shape index (κ2) is 5.38. The quantitative estimate of drug-likeness (QED) is 0.870. The molecule has 98 valence electrons. The van der Waals surface area contributed by atoms with Crippen LogP contribution in [0.3, 0.4) is 0 Å². The second-order valence-electron chi connectivity index (χ2n) is 5.19. The van der Waals surface area contributed by atoms with Gasteiger partial charge in [-0.3, -0.25) is 9.59 Å². The van der Waals surface area contributed by atoms with Crippen LogP contribution in [0.1, 0.15) is 43.0 Å².